The third-order valence-electron chi connectivity index (χ3n) is 8.18. The molecule has 292 valence electrons. The van der Waals surface area contributed by atoms with Gasteiger partial charge in [0.1, 0.15) is 30.2 Å². The van der Waals surface area contributed by atoms with Gasteiger partial charge in [-0.1, -0.05) is 30.3 Å². The zero-order chi connectivity index (χ0) is 39.6. The fourth-order valence-corrected chi connectivity index (χ4v) is 5.28. The lowest BCUT2D eigenvalue weighted by Gasteiger charge is -2.25. The van der Waals surface area contributed by atoms with Crippen molar-refractivity contribution in [2.24, 2.45) is 5.73 Å². The molecule has 5 atom stereocenters. The van der Waals surface area contributed by atoms with Crippen molar-refractivity contribution in [2.75, 3.05) is 19.6 Å². The van der Waals surface area contributed by atoms with Crippen LogP contribution >= 0.6 is 0 Å². The van der Waals surface area contributed by atoms with E-state index < -0.39 is 96.5 Å². The molecular formula is C34H47N11O9. The number of hydrogen-bond donors (Lipinski definition) is 10. The van der Waals surface area contributed by atoms with Crippen LogP contribution in [0.15, 0.2) is 42.9 Å². The predicted molar refractivity (Wildman–Crippen MR) is 190 cm³/mol. The number of nitrogens with two attached hydrogens (primary N) is 1. The van der Waals surface area contributed by atoms with Gasteiger partial charge in [-0.3, -0.25) is 43.2 Å². The number of carbonyl (C=O) groups is 9. The molecule has 2 aromatic rings. The number of nitrogens with one attached hydrogen (secondary N) is 9. The monoisotopic (exact) mass is 753 g/mol. The second-order valence-corrected chi connectivity index (χ2v) is 12.6. The molecule has 3 unspecified atom stereocenters. The summed E-state index contributed by atoms with van der Waals surface area (Å²) in [6.45, 7) is 1.59. The minimum Gasteiger partial charge on any atom is -0.368 e. The van der Waals surface area contributed by atoms with Crippen molar-refractivity contribution < 1.29 is 43.2 Å². The van der Waals surface area contributed by atoms with Crippen LogP contribution < -0.4 is 48.3 Å². The summed E-state index contributed by atoms with van der Waals surface area (Å²) >= 11 is 0. The van der Waals surface area contributed by atoms with Gasteiger partial charge in [0.05, 0.1) is 19.4 Å². The molecule has 0 aliphatic carbocycles. The van der Waals surface area contributed by atoms with Gasteiger partial charge in [0.25, 0.3) is 0 Å². The first-order valence-corrected chi connectivity index (χ1v) is 17.3. The smallest absolute Gasteiger partial charge is 0.243 e. The predicted octanol–water partition coefficient (Wildman–Crippen LogP) is -3.93. The minimum atomic E-state index is -1.35. The van der Waals surface area contributed by atoms with Gasteiger partial charge in [0.2, 0.25) is 53.2 Å². The van der Waals surface area contributed by atoms with Gasteiger partial charge in [-0.05, 0) is 31.7 Å². The van der Waals surface area contributed by atoms with Crippen molar-refractivity contribution in [3.8, 4) is 0 Å². The van der Waals surface area contributed by atoms with Gasteiger partial charge in [-0.15, -0.1) is 0 Å². The zero-order valence-electron chi connectivity index (χ0n) is 30.0. The van der Waals surface area contributed by atoms with Crippen LogP contribution in [0.2, 0.25) is 0 Å². The van der Waals surface area contributed by atoms with Crippen molar-refractivity contribution in [1.29, 1.82) is 0 Å². The van der Waals surface area contributed by atoms with Gasteiger partial charge >= 0.3 is 0 Å². The first kappa shape index (κ1) is 42.1. The van der Waals surface area contributed by atoms with Crippen LogP contribution in [0.3, 0.4) is 0 Å². The van der Waals surface area contributed by atoms with Crippen LogP contribution in [0.4, 0.5) is 0 Å². The molecule has 0 spiro atoms. The molecule has 20 heteroatoms. The molecule has 1 aliphatic heterocycles. The zero-order valence-corrected chi connectivity index (χ0v) is 30.0. The van der Waals surface area contributed by atoms with E-state index in [2.05, 4.69) is 52.5 Å². The standard InChI is InChI=1S/C34H47N11O9/c1-19-31(51)43-23(30(35)50)9-6-12-37-27(47)11-10-24(42-29(49)16-38-20(2)46)33(53)45-26(14-22-15-36-18-40-22)34(54)44-25(13-21-7-4-3-5-8-21)32(52)39-17-28(48)41-19/h3-5,7-8,15,18-19,23-26H,6,9-14,16-17H2,1-2H3,(H2,35,50)(H,36,40)(H,37,47)(H,38,46)(H,39,52)(H,41,48)(H,42,49)(H,43,51)(H,44,54)(H,45,53)/t19-,23?,24?,25?,26-/m0/s1. The maximum atomic E-state index is 13.9. The number of primary amides is 1. The molecule has 0 radical (unpaired) electrons. The Labute approximate surface area is 310 Å². The Hall–Kier alpha value is -6.34. The van der Waals surface area contributed by atoms with E-state index in [-0.39, 0.29) is 45.1 Å². The molecule has 2 heterocycles. The Balaban J connectivity index is 1.93. The summed E-state index contributed by atoms with van der Waals surface area (Å²) in [5, 5.41) is 20.0. The first-order chi connectivity index (χ1) is 25.7. The third-order valence-corrected chi connectivity index (χ3v) is 8.18. The number of rotatable bonds is 8. The van der Waals surface area contributed by atoms with Crippen LogP contribution in [-0.4, -0.2) is 113 Å². The van der Waals surface area contributed by atoms with E-state index in [1.54, 1.807) is 30.3 Å². The average molecular weight is 754 g/mol. The number of hydrogen-bond acceptors (Lipinski definition) is 10. The number of imidazole rings is 1. The van der Waals surface area contributed by atoms with Gasteiger partial charge in [0.15, 0.2) is 0 Å². The summed E-state index contributed by atoms with van der Waals surface area (Å²) in [5.41, 5.74) is 6.56. The topological polar surface area (TPSA) is 305 Å². The molecule has 1 aliphatic rings. The molecule has 1 saturated heterocycles. The lowest BCUT2D eigenvalue weighted by molar-refractivity contribution is -0.134. The van der Waals surface area contributed by atoms with E-state index in [1.807, 2.05) is 0 Å². The highest BCUT2D eigenvalue weighted by molar-refractivity contribution is 5.96. The maximum Gasteiger partial charge on any atom is 0.243 e. The fraction of sp³-hybridized carbons (Fsp3) is 0.471. The number of H-pyrrole nitrogens is 1. The molecule has 1 fully saturated rings. The lowest BCUT2D eigenvalue weighted by Crippen LogP contribution is -2.58. The van der Waals surface area contributed by atoms with Crippen molar-refractivity contribution >= 4 is 53.2 Å². The van der Waals surface area contributed by atoms with Gasteiger partial charge < -0.3 is 53.3 Å². The summed E-state index contributed by atoms with van der Waals surface area (Å²) in [6, 6.07) is 2.48. The van der Waals surface area contributed by atoms with Crippen LogP contribution in [0, 0.1) is 0 Å². The van der Waals surface area contributed by atoms with E-state index in [0.717, 1.165) is 0 Å². The SMILES string of the molecule is CC(=O)NCC(=O)NC1CCC(=O)NCCCC(C(N)=O)NC(=O)[C@H](C)NC(=O)CNC(=O)C(Cc2ccccc2)NC(=O)[C@H](Cc2cnc[nH]2)NC1=O. The van der Waals surface area contributed by atoms with E-state index in [4.69, 9.17) is 5.73 Å². The molecule has 1 aromatic heterocycles. The maximum absolute atomic E-state index is 13.9. The second-order valence-electron chi connectivity index (χ2n) is 12.6. The largest absolute Gasteiger partial charge is 0.368 e. The third kappa shape index (κ3) is 14.7. The van der Waals surface area contributed by atoms with Gasteiger partial charge in [-0.25, -0.2) is 4.98 Å². The van der Waals surface area contributed by atoms with Crippen molar-refractivity contribution in [3.63, 3.8) is 0 Å². The summed E-state index contributed by atoms with van der Waals surface area (Å²) in [6.07, 6.45) is 2.42. The second kappa shape index (κ2) is 21.2. The molecule has 20 nitrogen and oxygen atoms in total. The highest BCUT2D eigenvalue weighted by Gasteiger charge is 2.31. The minimum absolute atomic E-state index is 0.0188. The number of aromatic amines is 1. The van der Waals surface area contributed by atoms with Crippen LogP contribution in [0.5, 0.6) is 0 Å². The Morgan fingerprint density at radius 3 is 2.20 bits per heavy atom. The average Bonchev–Trinajstić information content (AvgIpc) is 3.65. The highest BCUT2D eigenvalue weighted by Crippen LogP contribution is 2.08. The van der Waals surface area contributed by atoms with Crippen LogP contribution in [-0.2, 0) is 56.0 Å². The van der Waals surface area contributed by atoms with Crippen molar-refractivity contribution in [2.45, 2.75) is 82.6 Å². The first-order valence-electron chi connectivity index (χ1n) is 17.3. The molecular weight excluding hydrogens is 706 g/mol. The number of aromatic nitrogens is 2. The molecule has 3 rings (SSSR count). The Bertz CT molecular complexity index is 1650. The Morgan fingerprint density at radius 2 is 1.54 bits per heavy atom. The normalized spacial score (nSPS) is 22.9. The van der Waals surface area contributed by atoms with E-state index >= 15 is 0 Å². The summed E-state index contributed by atoms with van der Waals surface area (Å²) in [5.74, 6) is -6.45. The molecule has 11 N–H and O–H groups in total. The quantitative estimate of drug-likeness (QED) is 0.125. The summed E-state index contributed by atoms with van der Waals surface area (Å²) < 4.78 is 0. The molecule has 0 bridgehead atoms. The lowest BCUT2D eigenvalue weighted by atomic mass is 10.0. The number of nitrogens with zero attached hydrogens (tertiary/aromatic N) is 1. The van der Waals surface area contributed by atoms with E-state index in [9.17, 15) is 43.2 Å². The molecule has 0 saturated carbocycles. The molecule has 1 aromatic carbocycles. The number of carbonyl (C=O) groups excluding carboxylic acids is 9. The van der Waals surface area contributed by atoms with Gasteiger partial charge in [-0.2, -0.15) is 0 Å². The van der Waals surface area contributed by atoms with E-state index in [0.29, 0.717) is 11.3 Å². The summed E-state index contributed by atoms with van der Waals surface area (Å²) in [7, 11) is 0. The van der Waals surface area contributed by atoms with Crippen molar-refractivity contribution in [3.05, 3.63) is 54.1 Å². The number of benzene rings is 1. The van der Waals surface area contributed by atoms with Crippen LogP contribution in [0.1, 0.15) is 50.8 Å². The van der Waals surface area contributed by atoms with Crippen molar-refractivity contribution in [1.82, 2.24) is 52.5 Å². The molecule has 9 amide bonds. The summed E-state index contributed by atoms with van der Waals surface area (Å²) in [4.78, 5) is 122. The van der Waals surface area contributed by atoms with Gasteiger partial charge in [0, 0.05) is 44.6 Å². The van der Waals surface area contributed by atoms with Crippen LogP contribution in [0.25, 0.3) is 0 Å². The fourth-order valence-electron chi connectivity index (χ4n) is 5.28. The van der Waals surface area contributed by atoms with E-state index in [1.165, 1.54) is 26.4 Å². The molecule has 54 heavy (non-hydrogen) atoms. The highest BCUT2D eigenvalue weighted by atomic mass is 16.2. The number of amides is 9. The Kier molecular flexibility index (Phi) is 16.6. The Morgan fingerprint density at radius 1 is 0.833 bits per heavy atom.